The molecule has 2 saturated heterocycles. The molecule has 3 heterocycles. The van der Waals surface area contributed by atoms with Crippen molar-refractivity contribution in [1.29, 1.82) is 5.26 Å². The lowest BCUT2D eigenvalue weighted by Crippen LogP contribution is -2.43. The molecule has 0 unspecified atom stereocenters. The van der Waals surface area contributed by atoms with Gasteiger partial charge in [0.05, 0.1) is 24.3 Å². The number of nitrogens with one attached hydrogen (secondary N) is 2. The minimum absolute atomic E-state index is 0.130. The number of aryl methyl sites for hydroxylation is 1. The van der Waals surface area contributed by atoms with Crippen molar-refractivity contribution in [3.63, 3.8) is 0 Å². The van der Waals surface area contributed by atoms with E-state index >= 15 is 4.39 Å². The quantitative estimate of drug-likeness (QED) is 0.580. The summed E-state index contributed by atoms with van der Waals surface area (Å²) < 4.78 is 21.0. The lowest BCUT2D eigenvalue weighted by molar-refractivity contribution is 0.0421. The molecule has 2 aliphatic rings. The van der Waals surface area contributed by atoms with Crippen LogP contribution in [0.2, 0.25) is 0 Å². The number of likely N-dealkylation sites (tertiary alicyclic amines) is 1. The number of carbonyl (C=O) groups excluding carboxylic acids is 1. The van der Waals surface area contributed by atoms with Gasteiger partial charge >= 0.3 is 0 Å². The van der Waals surface area contributed by atoms with Gasteiger partial charge in [-0.1, -0.05) is 18.2 Å². The fraction of sp³-hybridized carbons (Fsp3) is 0.385. The van der Waals surface area contributed by atoms with Gasteiger partial charge in [0.1, 0.15) is 5.67 Å². The number of H-pyrrole nitrogens is 1. The van der Waals surface area contributed by atoms with Crippen molar-refractivity contribution >= 4 is 11.9 Å². The Morgan fingerprint density at radius 2 is 2.00 bits per heavy atom. The molecular formula is C26H27FN6O2. The third-order valence-corrected chi connectivity index (χ3v) is 6.87. The molecule has 2 fully saturated rings. The fourth-order valence-corrected chi connectivity index (χ4v) is 4.68. The first-order valence-electron chi connectivity index (χ1n) is 11.8. The van der Waals surface area contributed by atoms with Gasteiger partial charge in [-0.05, 0) is 48.7 Å². The zero-order valence-electron chi connectivity index (χ0n) is 19.6. The number of hydrogen-bond acceptors (Lipinski definition) is 6. The average Bonchev–Trinajstić information content (AvgIpc) is 3.57. The highest BCUT2D eigenvalue weighted by atomic mass is 19.1. The Labute approximate surface area is 203 Å². The van der Waals surface area contributed by atoms with Gasteiger partial charge in [0.25, 0.3) is 5.91 Å². The third-order valence-electron chi connectivity index (χ3n) is 6.87. The van der Waals surface area contributed by atoms with Crippen molar-refractivity contribution in [2.75, 3.05) is 31.6 Å². The smallest absolute Gasteiger partial charge is 0.253 e. The molecule has 8 nitrogen and oxygen atoms in total. The van der Waals surface area contributed by atoms with Gasteiger partial charge in [0.2, 0.25) is 5.95 Å². The largest absolute Gasteiger partial charge is 0.379 e. The summed E-state index contributed by atoms with van der Waals surface area (Å²) in [5.74, 6) is 1.03. The van der Waals surface area contributed by atoms with Crippen molar-refractivity contribution in [2.45, 2.75) is 37.9 Å². The van der Waals surface area contributed by atoms with Crippen molar-refractivity contribution in [3.05, 3.63) is 64.7 Å². The van der Waals surface area contributed by atoms with Crippen LogP contribution in [0, 0.1) is 18.3 Å². The molecule has 0 radical (unpaired) electrons. The number of amides is 1. The van der Waals surface area contributed by atoms with Crippen LogP contribution in [-0.4, -0.2) is 58.3 Å². The number of benzene rings is 2. The molecule has 1 aromatic heterocycles. The average molecular weight is 475 g/mol. The van der Waals surface area contributed by atoms with Gasteiger partial charge in [-0.3, -0.25) is 4.79 Å². The first kappa shape index (κ1) is 23.0. The number of piperidine rings is 1. The van der Waals surface area contributed by atoms with E-state index in [1.165, 1.54) is 0 Å². The molecule has 180 valence electrons. The standard InChI is InChI=1S/C26H27FN6O2/c1-17-2-5-19(14-22(17)23-30-25(32-31-23)29-21-8-13-35-16-21)24(34)33-11-9-26(27,10-12-33)20-6-3-18(15-28)4-7-20/h2-7,14,21H,8-13,16H2,1H3,(H2,29,30,31,32)/t21-/m1/s1. The van der Waals surface area contributed by atoms with Gasteiger partial charge in [0.15, 0.2) is 5.82 Å². The Kier molecular flexibility index (Phi) is 6.22. The highest BCUT2D eigenvalue weighted by Crippen LogP contribution is 2.37. The second kappa shape index (κ2) is 9.47. The summed E-state index contributed by atoms with van der Waals surface area (Å²) in [7, 11) is 0. The molecule has 0 aliphatic carbocycles. The van der Waals surface area contributed by atoms with E-state index in [0.29, 0.717) is 48.2 Å². The van der Waals surface area contributed by atoms with Crippen LogP contribution in [0.1, 0.15) is 46.3 Å². The second-order valence-electron chi connectivity index (χ2n) is 9.20. The molecule has 5 rings (SSSR count). The molecule has 0 bridgehead atoms. The second-order valence-corrected chi connectivity index (χ2v) is 9.20. The molecule has 3 aromatic rings. The molecule has 35 heavy (non-hydrogen) atoms. The van der Waals surface area contributed by atoms with Crippen LogP contribution >= 0.6 is 0 Å². The summed E-state index contributed by atoms with van der Waals surface area (Å²) in [5, 5.41) is 20.7. The van der Waals surface area contributed by atoms with E-state index in [4.69, 9.17) is 10.00 Å². The first-order valence-corrected chi connectivity index (χ1v) is 11.8. The number of carbonyl (C=O) groups is 1. The van der Waals surface area contributed by atoms with E-state index in [0.717, 1.165) is 24.2 Å². The number of alkyl halides is 1. The number of aromatic amines is 1. The maximum absolute atomic E-state index is 15.6. The summed E-state index contributed by atoms with van der Waals surface area (Å²) in [6.45, 7) is 3.96. The zero-order chi connectivity index (χ0) is 24.4. The molecule has 1 amide bonds. The first-order chi connectivity index (χ1) is 16.9. The van der Waals surface area contributed by atoms with Crippen LogP contribution in [0.5, 0.6) is 0 Å². The molecule has 2 aromatic carbocycles. The number of hydrogen-bond donors (Lipinski definition) is 2. The number of halogens is 1. The monoisotopic (exact) mass is 474 g/mol. The predicted octanol–water partition coefficient (Wildman–Crippen LogP) is 3.95. The third kappa shape index (κ3) is 4.75. The zero-order valence-corrected chi connectivity index (χ0v) is 19.6. The SMILES string of the molecule is Cc1ccc(C(=O)N2CCC(F)(c3ccc(C#N)cc3)CC2)cc1-c1nnc(N[C@@H]2CCOC2)[nH]1. The molecule has 2 N–H and O–H groups in total. The number of nitriles is 1. The van der Waals surface area contributed by atoms with Gasteiger partial charge in [-0.25, -0.2) is 4.39 Å². The highest BCUT2D eigenvalue weighted by molar-refractivity contribution is 5.95. The van der Waals surface area contributed by atoms with Crippen LogP contribution in [0.3, 0.4) is 0 Å². The molecule has 1 atom stereocenters. The summed E-state index contributed by atoms with van der Waals surface area (Å²) >= 11 is 0. The number of anilines is 1. The van der Waals surface area contributed by atoms with Crippen molar-refractivity contribution < 1.29 is 13.9 Å². The molecular weight excluding hydrogens is 447 g/mol. The van der Waals surface area contributed by atoms with Gasteiger partial charge < -0.3 is 19.9 Å². The van der Waals surface area contributed by atoms with Crippen molar-refractivity contribution in [3.8, 4) is 17.5 Å². The van der Waals surface area contributed by atoms with Crippen LogP contribution in [0.15, 0.2) is 42.5 Å². The molecule has 0 spiro atoms. The van der Waals surface area contributed by atoms with Gasteiger partial charge in [0, 0.05) is 43.7 Å². The van der Waals surface area contributed by atoms with Gasteiger partial charge in [-0.2, -0.15) is 5.26 Å². The summed E-state index contributed by atoms with van der Waals surface area (Å²) in [4.78, 5) is 18.2. The molecule has 9 heteroatoms. The number of aromatic nitrogens is 3. The Bertz CT molecular complexity index is 1250. The van der Waals surface area contributed by atoms with Gasteiger partial charge in [-0.15, -0.1) is 10.2 Å². The van der Waals surface area contributed by atoms with Crippen LogP contribution < -0.4 is 5.32 Å². The molecule has 0 saturated carbocycles. The summed E-state index contributed by atoms with van der Waals surface area (Å²) in [5.41, 5.74) is 1.86. The maximum atomic E-state index is 15.6. The van der Waals surface area contributed by atoms with Crippen molar-refractivity contribution in [1.82, 2.24) is 20.1 Å². The van der Waals surface area contributed by atoms with E-state index in [1.807, 2.05) is 19.1 Å². The number of ether oxygens (including phenoxy) is 1. The van der Waals surface area contributed by atoms with Crippen LogP contribution in [0.25, 0.3) is 11.4 Å². The molecule has 2 aliphatic heterocycles. The van der Waals surface area contributed by atoms with E-state index in [1.54, 1.807) is 35.2 Å². The number of rotatable bonds is 5. The van der Waals surface area contributed by atoms with E-state index in [9.17, 15) is 4.79 Å². The van der Waals surface area contributed by atoms with E-state index in [2.05, 4.69) is 26.6 Å². The van der Waals surface area contributed by atoms with Crippen LogP contribution in [-0.2, 0) is 10.4 Å². The lowest BCUT2D eigenvalue weighted by atomic mass is 9.85. The normalized spacial score (nSPS) is 19.3. The lowest BCUT2D eigenvalue weighted by Gasteiger charge is -2.36. The minimum Gasteiger partial charge on any atom is -0.379 e. The maximum Gasteiger partial charge on any atom is 0.253 e. The Hall–Kier alpha value is -3.77. The van der Waals surface area contributed by atoms with Crippen molar-refractivity contribution in [2.24, 2.45) is 0 Å². The fourth-order valence-electron chi connectivity index (χ4n) is 4.68. The Morgan fingerprint density at radius 1 is 1.23 bits per heavy atom. The Morgan fingerprint density at radius 3 is 2.69 bits per heavy atom. The summed E-state index contributed by atoms with van der Waals surface area (Å²) in [6.07, 6.45) is 1.34. The topological polar surface area (TPSA) is 107 Å². The minimum atomic E-state index is -1.50. The Balaban J connectivity index is 1.28. The predicted molar refractivity (Wildman–Crippen MR) is 128 cm³/mol. The summed E-state index contributed by atoms with van der Waals surface area (Å²) in [6, 6.07) is 14.4. The number of nitrogens with zero attached hydrogens (tertiary/aromatic N) is 4. The highest BCUT2D eigenvalue weighted by Gasteiger charge is 2.37. The van der Waals surface area contributed by atoms with E-state index < -0.39 is 5.67 Å². The van der Waals surface area contributed by atoms with Crippen LogP contribution in [0.4, 0.5) is 10.3 Å². The van der Waals surface area contributed by atoms with E-state index in [-0.39, 0.29) is 24.8 Å².